The van der Waals surface area contributed by atoms with Crippen molar-refractivity contribution in [1.82, 2.24) is 15.2 Å². The molecule has 2 heterocycles. The molecule has 0 radical (unpaired) electrons. The van der Waals surface area contributed by atoms with Crippen molar-refractivity contribution in [3.05, 3.63) is 53.9 Å². The summed E-state index contributed by atoms with van der Waals surface area (Å²) in [6, 6.07) is 12.6. The summed E-state index contributed by atoms with van der Waals surface area (Å²) in [7, 11) is 0. The van der Waals surface area contributed by atoms with Crippen LogP contribution in [0.1, 0.15) is 35.8 Å². The third-order valence-corrected chi connectivity index (χ3v) is 4.63. The summed E-state index contributed by atoms with van der Waals surface area (Å²) >= 11 is 0. The van der Waals surface area contributed by atoms with Crippen molar-refractivity contribution in [3.63, 3.8) is 0 Å². The third-order valence-electron chi connectivity index (χ3n) is 4.63. The van der Waals surface area contributed by atoms with Gasteiger partial charge in [-0.2, -0.15) is 5.26 Å². The number of carbonyl (C=O) groups excluding carboxylic acids is 2. The van der Waals surface area contributed by atoms with Gasteiger partial charge in [-0.15, -0.1) is 0 Å². The van der Waals surface area contributed by atoms with Gasteiger partial charge in [0.2, 0.25) is 0 Å². The van der Waals surface area contributed by atoms with E-state index in [9.17, 15) is 9.59 Å². The molecule has 1 fully saturated rings. The molecule has 3 rings (SSSR count). The van der Waals surface area contributed by atoms with E-state index in [4.69, 9.17) is 10.00 Å². The summed E-state index contributed by atoms with van der Waals surface area (Å²) in [6.45, 7) is 3.23. The molecule has 0 aliphatic carbocycles. The molecule has 29 heavy (non-hydrogen) atoms. The van der Waals surface area contributed by atoms with Crippen LogP contribution in [0.2, 0.25) is 0 Å². The van der Waals surface area contributed by atoms with Crippen molar-refractivity contribution >= 4 is 23.4 Å². The fraction of sp³-hybridized carbons (Fsp3) is 0.333. The standard InChI is InChI=1S/C21H23N5O3/c1-2-29-21(28)26-10-7-16(8-11-26)25-20(27)19-13-18(6-9-23-19)24-17-5-3-4-15(12-17)14-22/h3-6,9,12-13,16H,2,7-8,10-11H2,1H3,(H,23,24)(H,25,27). The van der Waals surface area contributed by atoms with Gasteiger partial charge >= 0.3 is 6.09 Å². The summed E-state index contributed by atoms with van der Waals surface area (Å²) in [4.78, 5) is 30.2. The average molecular weight is 393 g/mol. The molecule has 1 aromatic heterocycles. The van der Waals surface area contributed by atoms with Crippen LogP contribution in [0, 0.1) is 11.3 Å². The molecule has 150 valence electrons. The Bertz CT molecular complexity index is 917. The number of anilines is 2. The lowest BCUT2D eigenvalue weighted by atomic mass is 10.1. The molecule has 1 saturated heterocycles. The monoisotopic (exact) mass is 393 g/mol. The Morgan fingerprint density at radius 2 is 2.00 bits per heavy atom. The number of ether oxygens (including phenoxy) is 1. The molecular formula is C21H23N5O3. The normalized spacial score (nSPS) is 14.0. The van der Waals surface area contributed by atoms with Gasteiger partial charge in [0.25, 0.3) is 5.91 Å². The lowest BCUT2D eigenvalue weighted by Crippen LogP contribution is -2.46. The van der Waals surface area contributed by atoms with Gasteiger partial charge in [0.15, 0.2) is 0 Å². The molecule has 0 atom stereocenters. The minimum absolute atomic E-state index is 0.0149. The molecule has 2 amide bonds. The zero-order valence-electron chi connectivity index (χ0n) is 16.2. The van der Waals surface area contributed by atoms with Crippen LogP contribution in [0.5, 0.6) is 0 Å². The number of carbonyl (C=O) groups is 2. The van der Waals surface area contributed by atoms with Crippen molar-refractivity contribution in [3.8, 4) is 6.07 Å². The van der Waals surface area contributed by atoms with Crippen LogP contribution in [0.25, 0.3) is 0 Å². The van der Waals surface area contributed by atoms with E-state index in [2.05, 4.69) is 21.7 Å². The Hall–Kier alpha value is -3.60. The second-order valence-corrected chi connectivity index (χ2v) is 6.68. The van der Waals surface area contributed by atoms with Gasteiger partial charge < -0.3 is 20.3 Å². The second kappa shape index (κ2) is 9.55. The Morgan fingerprint density at radius 3 is 2.72 bits per heavy atom. The molecule has 1 aliphatic heterocycles. The molecule has 1 aliphatic rings. The van der Waals surface area contributed by atoms with E-state index in [1.807, 2.05) is 6.07 Å². The van der Waals surface area contributed by atoms with Gasteiger partial charge in [-0.1, -0.05) is 6.07 Å². The number of amides is 2. The average Bonchev–Trinajstić information content (AvgIpc) is 2.74. The maximum Gasteiger partial charge on any atom is 0.409 e. The van der Waals surface area contributed by atoms with E-state index in [1.54, 1.807) is 48.4 Å². The number of rotatable bonds is 5. The van der Waals surface area contributed by atoms with Gasteiger partial charge in [0, 0.05) is 36.7 Å². The first-order valence-electron chi connectivity index (χ1n) is 9.55. The highest BCUT2D eigenvalue weighted by molar-refractivity contribution is 5.93. The minimum atomic E-state index is -0.307. The number of pyridine rings is 1. The van der Waals surface area contributed by atoms with Crippen molar-refractivity contribution in [2.24, 2.45) is 0 Å². The molecule has 0 bridgehead atoms. The summed E-state index contributed by atoms with van der Waals surface area (Å²) < 4.78 is 5.01. The molecule has 2 N–H and O–H groups in total. The number of hydrogen-bond acceptors (Lipinski definition) is 6. The summed E-state index contributed by atoms with van der Waals surface area (Å²) in [6.07, 6.45) is 2.60. The largest absolute Gasteiger partial charge is 0.450 e. The zero-order chi connectivity index (χ0) is 20.6. The van der Waals surface area contributed by atoms with Gasteiger partial charge in [-0.05, 0) is 50.1 Å². The SMILES string of the molecule is CCOC(=O)N1CCC(NC(=O)c2cc(Nc3cccc(C#N)c3)ccn2)CC1. The number of nitriles is 1. The maximum absolute atomic E-state index is 12.6. The maximum atomic E-state index is 12.6. The molecule has 8 heteroatoms. The molecule has 2 aromatic rings. The summed E-state index contributed by atoms with van der Waals surface area (Å²) in [5.41, 5.74) is 2.32. The Balaban J connectivity index is 1.57. The summed E-state index contributed by atoms with van der Waals surface area (Å²) in [5.74, 6) is -0.256. The van der Waals surface area contributed by atoms with Crippen molar-refractivity contribution < 1.29 is 14.3 Å². The van der Waals surface area contributed by atoms with Crippen LogP contribution in [-0.4, -0.2) is 47.6 Å². The fourth-order valence-electron chi connectivity index (χ4n) is 3.15. The Morgan fingerprint density at radius 1 is 1.24 bits per heavy atom. The van der Waals surface area contributed by atoms with Crippen LogP contribution in [0.4, 0.5) is 16.2 Å². The molecule has 0 unspecified atom stereocenters. The number of nitrogens with one attached hydrogen (secondary N) is 2. The van der Waals surface area contributed by atoms with E-state index >= 15 is 0 Å². The highest BCUT2D eigenvalue weighted by atomic mass is 16.6. The van der Waals surface area contributed by atoms with Crippen LogP contribution in [0.15, 0.2) is 42.6 Å². The van der Waals surface area contributed by atoms with Gasteiger partial charge in [-0.25, -0.2) is 4.79 Å². The van der Waals surface area contributed by atoms with Crippen molar-refractivity contribution in [2.75, 3.05) is 25.0 Å². The number of hydrogen-bond donors (Lipinski definition) is 2. The Kier molecular flexibility index (Phi) is 6.63. The molecule has 8 nitrogen and oxygen atoms in total. The van der Waals surface area contributed by atoms with E-state index in [-0.39, 0.29) is 18.0 Å². The first-order valence-corrected chi connectivity index (χ1v) is 9.55. The van der Waals surface area contributed by atoms with Gasteiger partial charge in [0.1, 0.15) is 5.69 Å². The second-order valence-electron chi connectivity index (χ2n) is 6.68. The molecule has 1 aromatic carbocycles. The topological polar surface area (TPSA) is 107 Å². The van der Waals surface area contributed by atoms with Crippen molar-refractivity contribution in [1.29, 1.82) is 5.26 Å². The van der Waals surface area contributed by atoms with Crippen LogP contribution in [0.3, 0.4) is 0 Å². The smallest absolute Gasteiger partial charge is 0.409 e. The predicted octanol–water partition coefficient (Wildman–Crippen LogP) is 3.05. The molecular weight excluding hydrogens is 370 g/mol. The Labute approximate surface area is 169 Å². The predicted molar refractivity (Wildman–Crippen MR) is 108 cm³/mol. The highest BCUT2D eigenvalue weighted by Gasteiger charge is 2.25. The van der Waals surface area contributed by atoms with Crippen molar-refractivity contribution in [2.45, 2.75) is 25.8 Å². The number of nitrogens with zero attached hydrogens (tertiary/aromatic N) is 3. The molecule has 0 spiro atoms. The summed E-state index contributed by atoms with van der Waals surface area (Å²) in [5, 5.41) is 15.2. The van der Waals surface area contributed by atoms with E-state index < -0.39 is 0 Å². The number of piperidine rings is 1. The fourth-order valence-corrected chi connectivity index (χ4v) is 3.15. The quantitative estimate of drug-likeness (QED) is 0.808. The van der Waals surface area contributed by atoms with E-state index in [0.29, 0.717) is 49.5 Å². The lowest BCUT2D eigenvalue weighted by molar-refractivity contribution is 0.0856. The highest BCUT2D eigenvalue weighted by Crippen LogP contribution is 2.18. The zero-order valence-corrected chi connectivity index (χ0v) is 16.2. The minimum Gasteiger partial charge on any atom is -0.450 e. The van der Waals surface area contributed by atoms with Crippen LogP contribution >= 0.6 is 0 Å². The lowest BCUT2D eigenvalue weighted by Gasteiger charge is -2.31. The van der Waals surface area contributed by atoms with Crippen LogP contribution in [-0.2, 0) is 4.74 Å². The number of likely N-dealkylation sites (tertiary alicyclic amines) is 1. The van der Waals surface area contributed by atoms with E-state index in [0.717, 1.165) is 5.69 Å². The number of aromatic nitrogens is 1. The number of benzene rings is 1. The third kappa shape index (κ3) is 5.45. The first-order chi connectivity index (χ1) is 14.1. The van der Waals surface area contributed by atoms with Gasteiger partial charge in [-0.3, -0.25) is 9.78 Å². The first kappa shape index (κ1) is 20.1. The molecule has 0 saturated carbocycles. The van der Waals surface area contributed by atoms with E-state index in [1.165, 1.54) is 0 Å². The van der Waals surface area contributed by atoms with Crippen LogP contribution < -0.4 is 10.6 Å². The van der Waals surface area contributed by atoms with Gasteiger partial charge in [0.05, 0.1) is 18.2 Å².